The number of hydrogen-bond donors (Lipinski definition) is 1. The number of rotatable bonds is 3. The third-order valence-corrected chi connectivity index (χ3v) is 6.52. The van der Waals surface area contributed by atoms with Gasteiger partial charge in [-0.05, 0) is 51.8 Å². The van der Waals surface area contributed by atoms with Crippen molar-refractivity contribution >= 4 is 44.4 Å². The number of anilines is 2. The van der Waals surface area contributed by atoms with Crippen molar-refractivity contribution in [1.29, 1.82) is 0 Å². The van der Waals surface area contributed by atoms with Crippen molar-refractivity contribution in [2.24, 2.45) is 5.92 Å². The van der Waals surface area contributed by atoms with E-state index in [0.29, 0.717) is 25.9 Å². The summed E-state index contributed by atoms with van der Waals surface area (Å²) in [6, 6.07) is 5.85. The van der Waals surface area contributed by atoms with E-state index < -0.39 is 5.60 Å². The summed E-state index contributed by atoms with van der Waals surface area (Å²) in [5.41, 5.74) is 1.21. The number of amides is 2. The topological polar surface area (TPSA) is 84.0 Å². The molecule has 0 aliphatic carbocycles. The molecule has 31 heavy (non-hydrogen) atoms. The van der Waals surface area contributed by atoms with Gasteiger partial charge in [-0.2, -0.15) is 0 Å². The maximum absolute atomic E-state index is 12.8. The first-order chi connectivity index (χ1) is 14.8. The molecule has 0 saturated carbocycles. The van der Waals surface area contributed by atoms with E-state index in [0.717, 1.165) is 47.3 Å². The molecule has 2 aliphatic rings. The molecular weight excluding hydrogens is 416 g/mol. The molecule has 0 unspecified atom stereocenters. The highest BCUT2D eigenvalue weighted by Crippen LogP contribution is 2.31. The van der Waals surface area contributed by atoms with Crippen LogP contribution in [0.3, 0.4) is 0 Å². The second-order valence-electron chi connectivity index (χ2n) is 9.01. The first kappa shape index (κ1) is 21.8. The number of nitrogens with one attached hydrogen (secondary N) is 1. The number of carbonyl (C=O) groups is 2. The average Bonchev–Trinajstić information content (AvgIpc) is 3.17. The average molecular weight is 447 g/mol. The molecule has 2 amide bonds. The highest BCUT2D eigenvalue weighted by molar-refractivity contribution is 7.22. The minimum atomic E-state index is -0.512. The molecular formula is C22H30N4O4S. The minimum Gasteiger partial charge on any atom is -0.444 e. The molecule has 0 bridgehead atoms. The summed E-state index contributed by atoms with van der Waals surface area (Å²) >= 11 is 1.64. The highest BCUT2D eigenvalue weighted by atomic mass is 32.1. The maximum atomic E-state index is 12.8. The monoisotopic (exact) mass is 446 g/mol. The molecule has 3 heterocycles. The number of thiazole rings is 1. The fourth-order valence-corrected chi connectivity index (χ4v) is 4.83. The van der Waals surface area contributed by atoms with Crippen LogP contribution in [0.2, 0.25) is 0 Å². The molecule has 1 N–H and O–H groups in total. The van der Waals surface area contributed by atoms with Crippen LogP contribution in [0.25, 0.3) is 10.2 Å². The highest BCUT2D eigenvalue weighted by Gasteiger charge is 2.30. The van der Waals surface area contributed by atoms with Crippen LogP contribution in [0, 0.1) is 5.92 Å². The molecule has 8 nitrogen and oxygen atoms in total. The Morgan fingerprint density at radius 3 is 2.55 bits per heavy atom. The number of likely N-dealkylation sites (tertiary alicyclic amines) is 1. The zero-order valence-electron chi connectivity index (χ0n) is 18.3. The van der Waals surface area contributed by atoms with Crippen LogP contribution in [0.1, 0.15) is 33.6 Å². The van der Waals surface area contributed by atoms with Gasteiger partial charge in [0.1, 0.15) is 5.60 Å². The first-order valence-corrected chi connectivity index (χ1v) is 11.6. The third kappa shape index (κ3) is 5.46. The van der Waals surface area contributed by atoms with Crippen LogP contribution in [-0.2, 0) is 14.3 Å². The Kier molecular flexibility index (Phi) is 6.34. The summed E-state index contributed by atoms with van der Waals surface area (Å²) in [7, 11) is 0. The number of hydrogen-bond acceptors (Lipinski definition) is 7. The van der Waals surface area contributed by atoms with E-state index in [1.54, 1.807) is 16.2 Å². The molecule has 2 aliphatic heterocycles. The Bertz CT molecular complexity index is 941. The Balaban J connectivity index is 1.34. The van der Waals surface area contributed by atoms with Crippen LogP contribution < -0.4 is 10.2 Å². The number of benzene rings is 1. The number of ether oxygens (including phenoxy) is 2. The lowest BCUT2D eigenvalue weighted by molar-refractivity contribution is -0.121. The number of aromatic nitrogens is 1. The van der Waals surface area contributed by atoms with Gasteiger partial charge in [-0.25, -0.2) is 9.78 Å². The van der Waals surface area contributed by atoms with E-state index in [4.69, 9.17) is 14.5 Å². The van der Waals surface area contributed by atoms with Gasteiger partial charge < -0.3 is 24.6 Å². The van der Waals surface area contributed by atoms with Crippen molar-refractivity contribution in [3.05, 3.63) is 18.2 Å². The van der Waals surface area contributed by atoms with Gasteiger partial charge in [-0.15, -0.1) is 0 Å². The van der Waals surface area contributed by atoms with Crippen LogP contribution in [0.5, 0.6) is 0 Å². The second kappa shape index (κ2) is 9.00. The maximum Gasteiger partial charge on any atom is 0.410 e. The summed E-state index contributed by atoms with van der Waals surface area (Å²) in [6.07, 6.45) is 0.961. The number of nitrogens with zero attached hydrogens (tertiary/aromatic N) is 3. The van der Waals surface area contributed by atoms with Gasteiger partial charge in [-0.1, -0.05) is 11.3 Å². The Morgan fingerprint density at radius 2 is 1.87 bits per heavy atom. The number of fused-ring (bicyclic) bond motifs is 1. The van der Waals surface area contributed by atoms with Crippen molar-refractivity contribution < 1.29 is 19.1 Å². The van der Waals surface area contributed by atoms with Crippen molar-refractivity contribution in [1.82, 2.24) is 9.88 Å². The van der Waals surface area contributed by atoms with Gasteiger partial charge in [0, 0.05) is 37.8 Å². The molecule has 1 aromatic carbocycles. The summed E-state index contributed by atoms with van der Waals surface area (Å²) in [6.45, 7) is 9.79. The Morgan fingerprint density at radius 1 is 1.16 bits per heavy atom. The minimum absolute atomic E-state index is 0.00102. The lowest BCUT2D eigenvalue weighted by Crippen LogP contribution is -2.43. The van der Waals surface area contributed by atoms with Crippen molar-refractivity contribution in [2.75, 3.05) is 49.6 Å². The largest absolute Gasteiger partial charge is 0.444 e. The van der Waals surface area contributed by atoms with Crippen molar-refractivity contribution in [3.8, 4) is 0 Å². The van der Waals surface area contributed by atoms with Crippen LogP contribution in [0.15, 0.2) is 18.2 Å². The van der Waals surface area contributed by atoms with Gasteiger partial charge in [0.15, 0.2) is 5.13 Å². The molecule has 2 saturated heterocycles. The SMILES string of the molecule is CC(C)(C)OC(=O)N1CCC(C(=O)Nc2ccc3nc(N4CCOCC4)sc3c2)CC1. The quantitative estimate of drug-likeness (QED) is 0.774. The summed E-state index contributed by atoms with van der Waals surface area (Å²) in [5.74, 6) is -0.110. The van der Waals surface area contributed by atoms with E-state index in [9.17, 15) is 9.59 Å². The molecule has 2 fully saturated rings. The fraction of sp³-hybridized carbons (Fsp3) is 0.591. The Hall–Kier alpha value is -2.39. The van der Waals surface area contributed by atoms with Crippen LogP contribution in [0.4, 0.5) is 15.6 Å². The smallest absolute Gasteiger partial charge is 0.410 e. The predicted molar refractivity (Wildman–Crippen MR) is 122 cm³/mol. The van der Waals surface area contributed by atoms with E-state index >= 15 is 0 Å². The van der Waals surface area contributed by atoms with Crippen molar-refractivity contribution in [2.45, 2.75) is 39.2 Å². The molecule has 0 radical (unpaired) electrons. The molecule has 0 spiro atoms. The number of piperidine rings is 1. The van der Waals surface area contributed by atoms with Gasteiger partial charge in [0.05, 0.1) is 23.4 Å². The Labute approximate surface area is 186 Å². The van der Waals surface area contributed by atoms with E-state index in [2.05, 4.69) is 10.2 Å². The molecule has 4 rings (SSSR count). The van der Waals surface area contributed by atoms with E-state index in [1.165, 1.54) is 0 Å². The predicted octanol–water partition coefficient (Wildman–Crippen LogP) is 3.72. The first-order valence-electron chi connectivity index (χ1n) is 10.8. The van der Waals surface area contributed by atoms with Crippen LogP contribution in [-0.4, -0.2) is 66.9 Å². The van der Waals surface area contributed by atoms with Crippen molar-refractivity contribution in [3.63, 3.8) is 0 Å². The number of morpholine rings is 1. The van der Waals surface area contributed by atoms with E-state index in [1.807, 2.05) is 39.0 Å². The second-order valence-corrected chi connectivity index (χ2v) is 10.0. The summed E-state index contributed by atoms with van der Waals surface area (Å²) in [5, 5.41) is 4.04. The molecule has 2 aromatic rings. The standard InChI is InChI=1S/C22H30N4O4S/c1-22(2,3)30-21(28)26-8-6-15(7-9-26)19(27)23-16-4-5-17-18(14-16)31-20(24-17)25-10-12-29-13-11-25/h4-5,14-15H,6-13H2,1-3H3,(H,23,27). The summed E-state index contributed by atoms with van der Waals surface area (Å²) in [4.78, 5) is 33.6. The van der Waals surface area contributed by atoms with E-state index in [-0.39, 0.29) is 17.9 Å². The fourth-order valence-electron chi connectivity index (χ4n) is 3.78. The molecule has 1 aromatic heterocycles. The molecule has 0 atom stereocenters. The van der Waals surface area contributed by atoms with Gasteiger partial charge in [0.2, 0.25) is 5.91 Å². The van der Waals surface area contributed by atoms with Gasteiger partial charge in [0.25, 0.3) is 0 Å². The zero-order valence-corrected chi connectivity index (χ0v) is 19.2. The van der Waals surface area contributed by atoms with Gasteiger partial charge in [-0.3, -0.25) is 4.79 Å². The zero-order chi connectivity index (χ0) is 22.0. The molecule has 168 valence electrons. The lowest BCUT2D eigenvalue weighted by atomic mass is 9.96. The number of carbonyl (C=O) groups excluding carboxylic acids is 2. The normalized spacial score (nSPS) is 18.3. The summed E-state index contributed by atoms with van der Waals surface area (Å²) < 4.78 is 11.9. The van der Waals surface area contributed by atoms with Gasteiger partial charge >= 0.3 is 6.09 Å². The lowest BCUT2D eigenvalue weighted by Gasteiger charge is -2.32. The third-order valence-electron chi connectivity index (χ3n) is 5.44. The van der Waals surface area contributed by atoms with Crippen LogP contribution >= 0.6 is 11.3 Å². The molecule has 9 heteroatoms.